The molecule has 5 nitrogen and oxygen atoms in total. The number of rotatable bonds is 5. The van der Waals surface area contributed by atoms with Gasteiger partial charge in [-0.25, -0.2) is 0 Å². The second kappa shape index (κ2) is 6.92. The summed E-state index contributed by atoms with van der Waals surface area (Å²) in [5.74, 6) is 0.697. The van der Waals surface area contributed by atoms with Crippen LogP contribution >= 0.6 is 34.8 Å². The molecule has 0 amide bonds. The lowest BCUT2D eigenvalue weighted by molar-refractivity contribution is 0.440. The van der Waals surface area contributed by atoms with Crippen molar-refractivity contribution in [2.24, 2.45) is 0 Å². The Labute approximate surface area is 131 Å². The first-order valence-corrected chi connectivity index (χ1v) is 7.00. The maximum Gasteiger partial charge on any atom is 0.328 e. The molecule has 0 aliphatic rings. The highest BCUT2D eigenvalue weighted by Crippen LogP contribution is 2.30. The van der Waals surface area contributed by atoms with Crippen LogP contribution in [0.5, 0.6) is 11.8 Å². The number of hydrogen-bond acceptors (Lipinski definition) is 5. The molecule has 0 saturated heterocycles. The molecular weight excluding hydrogens is 323 g/mol. The van der Waals surface area contributed by atoms with Gasteiger partial charge in [-0.15, -0.1) is 0 Å². The Morgan fingerprint density at radius 3 is 2.70 bits per heavy atom. The molecule has 1 aromatic carbocycles. The van der Waals surface area contributed by atoms with E-state index in [9.17, 15) is 0 Å². The maximum absolute atomic E-state index is 6.01. The number of nitrogens with zero attached hydrogens (tertiary/aromatic N) is 3. The van der Waals surface area contributed by atoms with E-state index in [2.05, 4.69) is 20.3 Å². The summed E-state index contributed by atoms with van der Waals surface area (Å²) in [5, 5.41) is 3.93. The van der Waals surface area contributed by atoms with Crippen LogP contribution in [-0.4, -0.2) is 21.5 Å². The van der Waals surface area contributed by atoms with Crippen molar-refractivity contribution in [2.45, 2.75) is 13.3 Å². The number of anilines is 1. The van der Waals surface area contributed by atoms with E-state index in [-0.39, 0.29) is 11.3 Å². The first-order chi connectivity index (χ1) is 9.58. The first-order valence-electron chi connectivity index (χ1n) is 5.87. The summed E-state index contributed by atoms with van der Waals surface area (Å²) in [6, 6.07) is 4.90. The fourth-order valence-corrected chi connectivity index (χ4v) is 1.82. The Hall–Kier alpha value is -1.30. The lowest BCUT2D eigenvalue weighted by Crippen LogP contribution is -2.06. The van der Waals surface area contributed by atoms with E-state index in [0.29, 0.717) is 21.7 Å². The van der Waals surface area contributed by atoms with Crippen LogP contribution in [0.15, 0.2) is 18.2 Å². The van der Waals surface area contributed by atoms with Gasteiger partial charge in [0.05, 0.1) is 5.02 Å². The molecule has 0 bridgehead atoms. The molecule has 1 aromatic heterocycles. The van der Waals surface area contributed by atoms with E-state index in [4.69, 9.17) is 39.5 Å². The second-order valence-electron chi connectivity index (χ2n) is 3.81. The standard InChI is InChI=1S/C12H11Cl3N4O/c1-2-5-16-11-17-10(15)18-12(19-11)20-9-6-7(13)3-4-8(9)14/h3-4,6H,2,5H2,1H3,(H,16,17,18,19). The number of ether oxygens (including phenoxy) is 1. The highest BCUT2D eigenvalue weighted by molar-refractivity contribution is 6.34. The van der Waals surface area contributed by atoms with Gasteiger partial charge in [0, 0.05) is 17.6 Å². The van der Waals surface area contributed by atoms with Gasteiger partial charge in [0.15, 0.2) is 5.75 Å². The molecule has 0 radical (unpaired) electrons. The zero-order valence-electron chi connectivity index (χ0n) is 10.5. The van der Waals surface area contributed by atoms with Crippen molar-refractivity contribution in [1.29, 1.82) is 0 Å². The molecule has 2 aromatic rings. The molecule has 20 heavy (non-hydrogen) atoms. The first kappa shape index (κ1) is 15.1. The van der Waals surface area contributed by atoms with Crippen LogP contribution in [0.25, 0.3) is 0 Å². The smallest absolute Gasteiger partial charge is 0.328 e. The van der Waals surface area contributed by atoms with Gasteiger partial charge in [-0.3, -0.25) is 0 Å². The molecule has 8 heteroatoms. The number of benzene rings is 1. The van der Waals surface area contributed by atoms with Gasteiger partial charge in [0.2, 0.25) is 11.2 Å². The third-order valence-electron chi connectivity index (χ3n) is 2.22. The third-order valence-corrected chi connectivity index (χ3v) is 2.93. The predicted octanol–water partition coefficient (Wildman–Crippen LogP) is 4.45. The number of aromatic nitrogens is 3. The summed E-state index contributed by atoms with van der Waals surface area (Å²) in [7, 11) is 0. The minimum absolute atomic E-state index is 0.0340. The van der Waals surface area contributed by atoms with Crippen molar-refractivity contribution in [1.82, 2.24) is 15.0 Å². The van der Waals surface area contributed by atoms with Gasteiger partial charge in [0.25, 0.3) is 0 Å². The SMILES string of the molecule is CCCNc1nc(Cl)nc(Oc2cc(Cl)ccc2Cl)n1. The van der Waals surface area contributed by atoms with Crippen molar-refractivity contribution in [3.63, 3.8) is 0 Å². The number of hydrogen-bond donors (Lipinski definition) is 1. The van der Waals surface area contributed by atoms with E-state index >= 15 is 0 Å². The highest BCUT2D eigenvalue weighted by atomic mass is 35.5. The lowest BCUT2D eigenvalue weighted by atomic mass is 10.3. The van der Waals surface area contributed by atoms with Crippen LogP contribution in [-0.2, 0) is 0 Å². The predicted molar refractivity (Wildman–Crippen MR) is 80.2 cm³/mol. The largest absolute Gasteiger partial charge is 0.422 e. The molecule has 0 aliphatic heterocycles. The van der Waals surface area contributed by atoms with Crippen LogP contribution in [0.4, 0.5) is 5.95 Å². The lowest BCUT2D eigenvalue weighted by Gasteiger charge is -2.08. The Balaban J connectivity index is 2.24. The van der Waals surface area contributed by atoms with Gasteiger partial charge >= 0.3 is 6.01 Å². The van der Waals surface area contributed by atoms with Gasteiger partial charge in [-0.2, -0.15) is 15.0 Å². The Bertz CT molecular complexity index is 609. The zero-order chi connectivity index (χ0) is 14.5. The van der Waals surface area contributed by atoms with Crippen LogP contribution in [0.1, 0.15) is 13.3 Å². The Morgan fingerprint density at radius 2 is 1.95 bits per heavy atom. The molecule has 1 heterocycles. The molecule has 0 saturated carbocycles. The Kier molecular flexibility index (Phi) is 5.23. The van der Waals surface area contributed by atoms with Crippen molar-refractivity contribution < 1.29 is 4.74 Å². The molecule has 2 rings (SSSR count). The van der Waals surface area contributed by atoms with Gasteiger partial charge in [0.1, 0.15) is 0 Å². The Morgan fingerprint density at radius 1 is 1.15 bits per heavy atom. The van der Waals surface area contributed by atoms with Crippen LogP contribution in [0, 0.1) is 0 Å². The fourth-order valence-electron chi connectivity index (χ4n) is 1.35. The van der Waals surface area contributed by atoms with E-state index < -0.39 is 0 Å². The zero-order valence-corrected chi connectivity index (χ0v) is 12.8. The van der Waals surface area contributed by atoms with Crippen LogP contribution in [0.3, 0.4) is 0 Å². The third kappa shape index (κ3) is 4.10. The molecule has 0 aliphatic carbocycles. The topological polar surface area (TPSA) is 59.9 Å². The summed E-state index contributed by atoms with van der Waals surface area (Å²) in [4.78, 5) is 11.9. The molecule has 0 atom stereocenters. The maximum atomic E-state index is 6.01. The van der Waals surface area contributed by atoms with Gasteiger partial charge in [-0.05, 0) is 30.2 Å². The number of halogens is 3. The molecule has 1 N–H and O–H groups in total. The fraction of sp³-hybridized carbons (Fsp3) is 0.250. The second-order valence-corrected chi connectivity index (χ2v) is 5.00. The minimum atomic E-state index is 0.0340. The van der Waals surface area contributed by atoms with Crippen molar-refractivity contribution in [2.75, 3.05) is 11.9 Å². The molecular formula is C12H11Cl3N4O. The monoisotopic (exact) mass is 332 g/mol. The normalized spacial score (nSPS) is 10.4. The van der Waals surface area contributed by atoms with E-state index in [1.165, 1.54) is 0 Å². The molecule has 106 valence electrons. The highest BCUT2D eigenvalue weighted by Gasteiger charge is 2.10. The van der Waals surface area contributed by atoms with Crippen molar-refractivity contribution in [3.05, 3.63) is 33.5 Å². The van der Waals surface area contributed by atoms with Crippen molar-refractivity contribution >= 4 is 40.8 Å². The average Bonchev–Trinajstić information content (AvgIpc) is 2.40. The summed E-state index contributed by atoms with van der Waals surface area (Å²) in [5.41, 5.74) is 0. The van der Waals surface area contributed by atoms with Crippen LogP contribution < -0.4 is 10.1 Å². The van der Waals surface area contributed by atoms with E-state index in [1.54, 1.807) is 18.2 Å². The summed E-state index contributed by atoms with van der Waals surface area (Å²) in [6.45, 7) is 2.75. The molecule has 0 fully saturated rings. The molecule has 0 unspecified atom stereocenters. The molecule has 0 spiro atoms. The van der Waals surface area contributed by atoms with E-state index in [1.807, 2.05) is 6.92 Å². The summed E-state index contributed by atoms with van der Waals surface area (Å²) < 4.78 is 5.49. The quantitative estimate of drug-likeness (QED) is 0.876. The summed E-state index contributed by atoms with van der Waals surface area (Å²) >= 11 is 17.7. The van der Waals surface area contributed by atoms with E-state index in [0.717, 1.165) is 13.0 Å². The van der Waals surface area contributed by atoms with Gasteiger partial charge in [-0.1, -0.05) is 30.1 Å². The summed E-state index contributed by atoms with van der Waals surface area (Å²) in [6.07, 6.45) is 0.930. The average molecular weight is 334 g/mol. The minimum Gasteiger partial charge on any atom is -0.422 e. The van der Waals surface area contributed by atoms with Gasteiger partial charge < -0.3 is 10.1 Å². The van der Waals surface area contributed by atoms with Crippen LogP contribution in [0.2, 0.25) is 15.3 Å². The van der Waals surface area contributed by atoms with Crippen molar-refractivity contribution in [3.8, 4) is 11.8 Å². The number of nitrogens with one attached hydrogen (secondary N) is 1.